The molecule has 1 amide bonds. The van der Waals surface area contributed by atoms with Crippen molar-refractivity contribution in [3.05, 3.63) is 80.9 Å². The van der Waals surface area contributed by atoms with Crippen molar-refractivity contribution in [2.24, 2.45) is 0 Å². The molecular weight excluding hydrogens is 398 g/mol. The van der Waals surface area contributed by atoms with Crippen LogP contribution in [0.1, 0.15) is 34.1 Å². The highest BCUT2D eigenvalue weighted by Gasteiger charge is 2.24. The van der Waals surface area contributed by atoms with Crippen molar-refractivity contribution in [2.75, 3.05) is 0 Å². The number of aryl methyl sites for hydroxylation is 3. The molecule has 0 aliphatic rings. The maximum absolute atomic E-state index is 12.6. The Hall–Kier alpha value is -3.87. The summed E-state index contributed by atoms with van der Waals surface area (Å²) in [4.78, 5) is 36.9. The van der Waals surface area contributed by atoms with E-state index in [1.165, 1.54) is 0 Å². The Morgan fingerprint density at radius 2 is 1.61 bits per heavy atom. The summed E-state index contributed by atoms with van der Waals surface area (Å²) in [6.45, 7) is 5.57. The molecule has 0 saturated heterocycles. The number of carbonyl (C=O) groups excluding carboxylic acids is 1. The Morgan fingerprint density at radius 1 is 0.968 bits per heavy atom. The second-order valence-corrected chi connectivity index (χ2v) is 7.55. The van der Waals surface area contributed by atoms with Crippen LogP contribution in [0.25, 0.3) is 21.9 Å². The Morgan fingerprint density at radius 3 is 2.29 bits per heavy atom. The summed E-state index contributed by atoms with van der Waals surface area (Å²) in [5.74, 6) is -0.983. The molecule has 31 heavy (non-hydrogen) atoms. The van der Waals surface area contributed by atoms with E-state index >= 15 is 0 Å². The average Bonchev–Trinajstić information content (AvgIpc) is 3.01. The van der Waals surface area contributed by atoms with E-state index in [1.54, 1.807) is 43.3 Å². The van der Waals surface area contributed by atoms with Gasteiger partial charge in [-0.1, -0.05) is 30.3 Å². The third kappa shape index (κ3) is 3.70. The quantitative estimate of drug-likeness (QED) is 0.474. The van der Waals surface area contributed by atoms with Crippen LogP contribution in [0.4, 0.5) is 0 Å². The zero-order chi connectivity index (χ0) is 22.3. The molecule has 0 aliphatic carbocycles. The van der Waals surface area contributed by atoms with Crippen LogP contribution in [0.3, 0.4) is 0 Å². The number of nitrogens with one attached hydrogen (secondary N) is 1. The molecule has 0 bridgehead atoms. The van der Waals surface area contributed by atoms with Gasteiger partial charge >= 0.3 is 11.6 Å². The third-order valence-electron chi connectivity index (χ3n) is 5.61. The van der Waals surface area contributed by atoms with Gasteiger partial charge in [-0.25, -0.2) is 9.59 Å². The van der Waals surface area contributed by atoms with Crippen LogP contribution in [-0.4, -0.2) is 17.0 Å². The largest absolute Gasteiger partial charge is 0.479 e. The van der Waals surface area contributed by atoms with Gasteiger partial charge in [0.05, 0.1) is 12.0 Å². The number of rotatable bonds is 5. The molecule has 0 fully saturated rings. The molecule has 0 radical (unpaired) electrons. The minimum atomic E-state index is -1.21. The molecule has 0 spiro atoms. The van der Waals surface area contributed by atoms with Crippen LogP contribution in [0, 0.1) is 20.8 Å². The van der Waals surface area contributed by atoms with Gasteiger partial charge in [0.15, 0.2) is 6.04 Å². The molecule has 1 atom stereocenters. The zero-order valence-corrected chi connectivity index (χ0v) is 17.3. The fourth-order valence-corrected chi connectivity index (χ4v) is 3.73. The first kappa shape index (κ1) is 20.4. The number of carbonyl (C=O) groups is 2. The number of aliphatic carboxylic acids is 1. The first-order valence-corrected chi connectivity index (χ1v) is 9.79. The molecule has 7 heteroatoms. The van der Waals surface area contributed by atoms with E-state index in [-0.39, 0.29) is 12.0 Å². The van der Waals surface area contributed by atoms with Gasteiger partial charge in [-0.05, 0) is 43.5 Å². The van der Waals surface area contributed by atoms with E-state index in [9.17, 15) is 19.5 Å². The number of furan rings is 1. The summed E-state index contributed by atoms with van der Waals surface area (Å²) in [5, 5.41) is 13.6. The van der Waals surface area contributed by atoms with Crippen molar-refractivity contribution in [1.29, 1.82) is 0 Å². The Bertz CT molecular complexity index is 1380. The smallest absolute Gasteiger partial charge is 0.340 e. The van der Waals surface area contributed by atoms with Crippen molar-refractivity contribution in [3.8, 4) is 0 Å². The highest BCUT2D eigenvalue weighted by atomic mass is 16.4. The van der Waals surface area contributed by atoms with Gasteiger partial charge in [0.1, 0.15) is 16.9 Å². The lowest BCUT2D eigenvalue weighted by Crippen LogP contribution is -2.35. The van der Waals surface area contributed by atoms with Crippen molar-refractivity contribution in [2.45, 2.75) is 33.2 Å². The van der Waals surface area contributed by atoms with Crippen LogP contribution < -0.4 is 10.9 Å². The fourth-order valence-electron chi connectivity index (χ4n) is 3.73. The molecule has 2 aromatic heterocycles. The number of fused-ring (bicyclic) bond motifs is 2. The van der Waals surface area contributed by atoms with Crippen LogP contribution >= 0.6 is 0 Å². The minimum absolute atomic E-state index is 0.194. The van der Waals surface area contributed by atoms with Crippen LogP contribution in [0.2, 0.25) is 0 Å². The molecular formula is C24H21NO6. The Kier molecular flexibility index (Phi) is 5.10. The maximum atomic E-state index is 12.6. The lowest BCUT2D eigenvalue weighted by atomic mass is 10.0. The van der Waals surface area contributed by atoms with Crippen molar-refractivity contribution >= 4 is 33.8 Å². The summed E-state index contributed by atoms with van der Waals surface area (Å²) >= 11 is 0. The van der Waals surface area contributed by atoms with Gasteiger partial charge in [-0.3, -0.25) is 4.79 Å². The molecule has 0 aliphatic heterocycles. The number of amides is 1. The van der Waals surface area contributed by atoms with Crippen molar-refractivity contribution in [1.82, 2.24) is 5.32 Å². The summed E-state index contributed by atoms with van der Waals surface area (Å²) in [5.41, 5.74) is 2.62. The number of carboxylic acids is 1. The highest BCUT2D eigenvalue weighted by molar-refractivity contribution is 5.97. The fraction of sp³-hybridized carbons (Fsp3) is 0.208. The van der Waals surface area contributed by atoms with Gasteiger partial charge in [0, 0.05) is 16.8 Å². The number of hydrogen-bond acceptors (Lipinski definition) is 5. The van der Waals surface area contributed by atoms with E-state index < -0.39 is 23.5 Å². The van der Waals surface area contributed by atoms with Crippen molar-refractivity contribution < 1.29 is 23.5 Å². The van der Waals surface area contributed by atoms with Gasteiger partial charge < -0.3 is 19.3 Å². The van der Waals surface area contributed by atoms with E-state index in [1.807, 2.05) is 19.9 Å². The molecule has 2 aromatic carbocycles. The van der Waals surface area contributed by atoms with Gasteiger partial charge in [-0.15, -0.1) is 0 Å². The summed E-state index contributed by atoms with van der Waals surface area (Å²) in [6.07, 6.45) is -0.290. The molecule has 4 aromatic rings. The Labute approximate surface area is 177 Å². The van der Waals surface area contributed by atoms with E-state index in [0.29, 0.717) is 27.7 Å². The minimum Gasteiger partial charge on any atom is -0.479 e. The highest BCUT2D eigenvalue weighted by Crippen LogP contribution is 2.31. The molecule has 0 unspecified atom stereocenters. The van der Waals surface area contributed by atoms with Gasteiger partial charge in [0.2, 0.25) is 5.91 Å². The predicted octanol–water partition coefficient (Wildman–Crippen LogP) is 3.95. The molecule has 0 saturated carbocycles. The summed E-state index contributed by atoms with van der Waals surface area (Å²) in [6, 6.07) is 10.7. The summed E-state index contributed by atoms with van der Waals surface area (Å²) < 4.78 is 11.2. The van der Waals surface area contributed by atoms with E-state index in [4.69, 9.17) is 8.83 Å². The van der Waals surface area contributed by atoms with Gasteiger partial charge in [-0.2, -0.15) is 0 Å². The van der Waals surface area contributed by atoms with E-state index in [2.05, 4.69) is 5.32 Å². The average molecular weight is 419 g/mol. The Balaban J connectivity index is 1.69. The summed E-state index contributed by atoms with van der Waals surface area (Å²) in [7, 11) is 0. The SMILES string of the molecule is Cc1oc2cc3oc(=O)c(CC(=O)N[C@H](C(=O)O)c4ccccc4)c(C)c3cc2c1C. The lowest BCUT2D eigenvalue weighted by Gasteiger charge is -2.15. The topological polar surface area (TPSA) is 110 Å². The monoisotopic (exact) mass is 419 g/mol. The number of hydrogen-bond donors (Lipinski definition) is 2. The van der Waals surface area contributed by atoms with Crippen molar-refractivity contribution in [3.63, 3.8) is 0 Å². The molecule has 158 valence electrons. The third-order valence-corrected chi connectivity index (χ3v) is 5.61. The van der Waals surface area contributed by atoms with Crippen LogP contribution in [0.5, 0.6) is 0 Å². The maximum Gasteiger partial charge on any atom is 0.340 e. The number of carboxylic acid groups (broad SMARTS) is 1. The molecule has 2 N–H and O–H groups in total. The first-order valence-electron chi connectivity index (χ1n) is 9.79. The normalized spacial score (nSPS) is 12.2. The van der Waals surface area contributed by atoms with Crippen LogP contribution in [0.15, 0.2) is 56.1 Å². The second kappa shape index (κ2) is 7.75. The second-order valence-electron chi connectivity index (χ2n) is 7.55. The first-order chi connectivity index (χ1) is 14.8. The van der Waals surface area contributed by atoms with Crippen LogP contribution in [-0.2, 0) is 16.0 Å². The standard InChI is InChI=1S/C24H21NO6/c1-12-14(3)30-19-11-20-17(9-16(12)19)13(2)18(24(29)31-20)10-21(26)25-22(23(27)28)15-7-5-4-6-8-15/h4-9,11,22H,10H2,1-3H3,(H,25,26)(H,27,28)/t22-/m0/s1. The molecule has 7 nitrogen and oxygen atoms in total. The van der Waals surface area contributed by atoms with E-state index in [0.717, 1.165) is 16.7 Å². The molecule has 4 rings (SSSR count). The van der Waals surface area contributed by atoms with Gasteiger partial charge in [0.25, 0.3) is 0 Å². The molecule has 2 heterocycles. The number of benzene rings is 2. The predicted molar refractivity (Wildman–Crippen MR) is 115 cm³/mol. The zero-order valence-electron chi connectivity index (χ0n) is 17.3. The lowest BCUT2D eigenvalue weighted by molar-refractivity contribution is -0.142.